The van der Waals surface area contributed by atoms with Crippen LogP contribution in [0.2, 0.25) is 0 Å². The Morgan fingerprint density at radius 3 is 2.83 bits per heavy atom. The first-order chi connectivity index (χ1) is 5.77. The van der Waals surface area contributed by atoms with E-state index in [1.54, 1.807) is 12.4 Å². The molecule has 4 heteroatoms. The summed E-state index contributed by atoms with van der Waals surface area (Å²) >= 11 is 0. The van der Waals surface area contributed by atoms with Crippen LogP contribution in [0.25, 0.3) is 10.9 Å². The first-order valence-corrected chi connectivity index (χ1v) is 3.69. The van der Waals surface area contributed by atoms with Crippen LogP contribution in [0.1, 0.15) is 11.5 Å². The van der Waals surface area contributed by atoms with E-state index >= 15 is 0 Å². The molecule has 0 aliphatic carbocycles. The summed E-state index contributed by atoms with van der Waals surface area (Å²) in [6.07, 6.45) is 3.43. The number of nitrogens with zero attached hydrogens (tertiary/aromatic N) is 4. The standard InChI is InChI=1S/C8H8N4/c1-5-7-3-9-6(2)11-8(7)4-10-12-5/h3-4H,1-2H3. The van der Waals surface area contributed by atoms with Crippen molar-refractivity contribution in [1.82, 2.24) is 20.2 Å². The van der Waals surface area contributed by atoms with E-state index in [-0.39, 0.29) is 0 Å². The first-order valence-electron chi connectivity index (χ1n) is 3.69. The normalized spacial score (nSPS) is 10.5. The van der Waals surface area contributed by atoms with Gasteiger partial charge in [-0.15, -0.1) is 0 Å². The van der Waals surface area contributed by atoms with E-state index in [2.05, 4.69) is 20.2 Å². The molecule has 0 radical (unpaired) electrons. The summed E-state index contributed by atoms with van der Waals surface area (Å²) < 4.78 is 0. The second-order valence-corrected chi connectivity index (χ2v) is 2.65. The molecular weight excluding hydrogens is 152 g/mol. The Morgan fingerprint density at radius 1 is 1.17 bits per heavy atom. The predicted octanol–water partition coefficient (Wildman–Crippen LogP) is 1.04. The summed E-state index contributed by atoms with van der Waals surface area (Å²) in [7, 11) is 0. The topological polar surface area (TPSA) is 51.6 Å². The van der Waals surface area contributed by atoms with E-state index in [0.29, 0.717) is 0 Å². The minimum atomic E-state index is 0.759. The maximum atomic E-state index is 4.22. The molecule has 2 rings (SSSR count). The molecule has 0 aliphatic heterocycles. The molecule has 0 saturated heterocycles. The lowest BCUT2D eigenvalue weighted by molar-refractivity contribution is 0.982. The van der Waals surface area contributed by atoms with Crippen LogP contribution in [0.5, 0.6) is 0 Å². The Labute approximate surface area is 69.7 Å². The Hall–Kier alpha value is -1.58. The second kappa shape index (κ2) is 2.48. The highest BCUT2D eigenvalue weighted by atomic mass is 15.1. The van der Waals surface area contributed by atoms with Gasteiger partial charge < -0.3 is 0 Å². The van der Waals surface area contributed by atoms with Gasteiger partial charge in [0.25, 0.3) is 0 Å². The van der Waals surface area contributed by atoms with Gasteiger partial charge in [0.05, 0.1) is 17.4 Å². The number of aromatic nitrogens is 4. The molecule has 0 unspecified atom stereocenters. The Kier molecular flexibility index (Phi) is 1.46. The number of fused-ring (bicyclic) bond motifs is 1. The maximum Gasteiger partial charge on any atom is 0.125 e. The molecule has 0 N–H and O–H groups in total. The van der Waals surface area contributed by atoms with Gasteiger partial charge in [0.2, 0.25) is 0 Å². The van der Waals surface area contributed by atoms with Crippen molar-refractivity contribution in [2.75, 3.05) is 0 Å². The van der Waals surface area contributed by atoms with E-state index in [9.17, 15) is 0 Å². The lowest BCUT2D eigenvalue weighted by Crippen LogP contribution is -1.93. The van der Waals surface area contributed by atoms with Gasteiger partial charge in [0.1, 0.15) is 5.82 Å². The molecule has 2 heterocycles. The summed E-state index contributed by atoms with van der Waals surface area (Å²) in [4.78, 5) is 8.31. The lowest BCUT2D eigenvalue weighted by Gasteiger charge is -1.98. The summed E-state index contributed by atoms with van der Waals surface area (Å²) in [5.41, 5.74) is 1.72. The van der Waals surface area contributed by atoms with Crippen LogP contribution in [0.4, 0.5) is 0 Å². The van der Waals surface area contributed by atoms with Crippen molar-refractivity contribution in [1.29, 1.82) is 0 Å². The predicted molar refractivity (Wildman–Crippen MR) is 44.6 cm³/mol. The summed E-state index contributed by atoms with van der Waals surface area (Å²) in [6, 6.07) is 0. The number of aryl methyl sites for hydroxylation is 2. The van der Waals surface area contributed by atoms with Gasteiger partial charge in [-0.05, 0) is 13.8 Å². The monoisotopic (exact) mass is 160 g/mol. The van der Waals surface area contributed by atoms with Crippen LogP contribution in [0.3, 0.4) is 0 Å². The van der Waals surface area contributed by atoms with E-state index in [0.717, 1.165) is 22.4 Å². The highest BCUT2D eigenvalue weighted by Crippen LogP contribution is 2.10. The average molecular weight is 160 g/mol. The molecule has 0 fully saturated rings. The van der Waals surface area contributed by atoms with Crippen molar-refractivity contribution in [3.63, 3.8) is 0 Å². The zero-order valence-corrected chi connectivity index (χ0v) is 6.94. The third-order valence-electron chi connectivity index (χ3n) is 1.72. The van der Waals surface area contributed by atoms with E-state index in [1.165, 1.54) is 0 Å². The van der Waals surface area contributed by atoms with Gasteiger partial charge in [0.15, 0.2) is 0 Å². The molecule has 2 aromatic rings. The van der Waals surface area contributed by atoms with Crippen LogP contribution in [0.15, 0.2) is 12.4 Å². The molecule has 2 aromatic heterocycles. The molecule has 60 valence electrons. The highest BCUT2D eigenvalue weighted by molar-refractivity contribution is 5.78. The summed E-state index contributed by atoms with van der Waals surface area (Å²) in [5, 5.41) is 8.69. The van der Waals surface area contributed by atoms with Gasteiger partial charge >= 0.3 is 0 Å². The number of hydrogen-bond donors (Lipinski definition) is 0. The molecular formula is C8H8N4. The molecule has 0 amide bonds. The molecule has 0 bridgehead atoms. The summed E-state index contributed by atoms with van der Waals surface area (Å²) in [5.74, 6) is 0.759. The molecule has 4 nitrogen and oxygen atoms in total. The molecule has 12 heavy (non-hydrogen) atoms. The molecule has 0 aromatic carbocycles. The van der Waals surface area contributed by atoms with Gasteiger partial charge in [-0.25, -0.2) is 9.97 Å². The Balaban J connectivity index is 2.86. The van der Waals surface area contributed by atoms with Crippen molar-refractivity contribution in [2.45, 2.75) is 13.8 Å². The van der Waals surface area contributed by atoms with Crippen molar-refractivity contribution in [3.8, 4) is 0 Å². The smallest absolute Gasteiger partial charge is 0.125 e. The fourth-order valence-corrected chi connectivity index (χ4v) is 1.09. The fourth-order valence-electron chi connectivity index (χ4n) is 1.09. The van der Waals surface area contributed by atoms with E-state index in [4.69, 9.17) is 0 Å². The fraction of sp³-hybridized carbons (Fsp3) is 0.250. The zero-order valence-electron chi connectivity index (χ0n) is 6.94. The SMILES string of the molecule is Cc1ncc2c(C)nncc2n1. The quantitative estimate of drug-likeness (QED) is 0.577. The van der Waals surface area contributed by atoms with Gasteiger partial charge in [-0.1, -0.05) is 0 Å². The molecule has 0 aliphatic rings. The van der Waals surface area contributed by atoms with Crippen LogP contribution in [-0.2, 0) is 0 Å². The highest BCUT2D eigenvalue weighted by Gasteiger charge is 1.99. The van der Waals surface area contributed by atoms with E-state index < -0.39 is 0 Å². The summed E-state index contributed by atoms with van der Waals surface area (Å²) in [6.45, 7) is 3.75. The lowest BCUT2D eigenvalue weighted by atomic mass is 10.3. The minimum absolute atomic E-state index is 0.759. The molecule has 0 atom stereocenters. The molecule has 0 saturated carbocycles. The van der Waals surface area contributed by atoms with Crippen LogP contribution < -0.4 is 0 Å². The largest absolute Gasteiger partial charge is 0.241 e. The molecule has 0 spiro atoms. The van der Waals surface area contributed by atoms with Gasteiger partial charge in [-0.3, -0.25) is 0 Å². The zero-order chi connectivity index (χ0) is 8.55. The number of rotatable bonds is 0. The average Bonchev–Trinajstić information content (AvgIpc) is 2.04. The minimum Gasteiger partial charge on any atom is -0.241 e. The van der Waals surface area contributed by atoms with Crippen molar-refractivity contribution < 1.29 is 0 Å². The number of hydrogen-bond acceptors (Lipinski definition) is 4. The van der Waals surface area contributed by atoms with Gasteiger partial charge in [-0.2, -0.15) is 10.2 Å². The Morgan fingerprint density at radius 2 is 2.00 bits per heavy atom. The van der Waals surface area contributed by atoms with Crippen LogP contribution in [-0.4, -0.2) is 20.2 Å². The van der Waals surface area contributed by atoms with Crippen LogP contribution in [0, 0.1) is 13.8 Å². The van der Waals surface area contributed by atoms with Gasteiger partial charge in [0, 0.05) is 11.6 Å². The maximum absolute atomic E-state index is 4.22. The third-order valence-corrected chi connectivity index (χ3v) is 1.72. The van der Waals surface area contributed by atoms with E-state index in [1.807, 2.05) is 13.8 Å². The van der Waals surface area contributed by atoms with Crippen molar-refractivity contribution in [3.05, 3.63) is 23.9 Å². The van der Waals surface area contributed by atoms with Crippen LogP contribution >= 0.6 is 0 Å². The Bertz CT molecular complexity index is 424. The third kappa shape index (κ3) is 1.01. The second-order valence-electron chi connectivity index (χ2n) is 2.65. The first kappa shape index (κ1) is 7.09. The van der Waals surface area contributed by atoms with Crippen molar-refractivity contribution in [2.24, 2.45) is 0 Å². The van der Waals surface area contributed by atoms with Crippen molar-refractivity contribution >= 4 is 10.9 Å².